The lowest BCUT2D eigenvalue weighted by molar-refractivity contribution is -0.137. The zero-order chi connectivity index (χ0) is 22.2. The number of amides is 2. The number of nitriles is 1. The maximum atomic E-state index is 13.5. The molecule has 0 bridgehead atoms. The molecule has 3 rings (SSSR count). The number of hydrogen-bond acceptors (Lipinski definition) is 4. The predicted molar refractivity (Wildman–Crippen MR) is 104 cm³/mol. The molecule has 6 nitrogen and oxygen atoms in total. The van der Waals surface area contributed by atoms with Gasteiger partial charge in [0.05, 0.1) is 29.3 Å². The highest BCUT2D eigenvalue weighted by molar-refractivity contribution is 6.03. The van der Waals surface area contributed by atoms with Crippen molar-refractivity contribution in [3.05, 3.63) is 41.2 Å². The summed E-state index contributed by atoms with van der Waals surface area (Å²) < 4.78 is 40.4. The summed E-state index contributed by atoms with van der Waals surface area (Å²) in [7, 11) is 3.46. The molecule has 2 atom stereocenters. The Bertz CT molecular complexity index is 933. The van der Waals surface area contributed by atoms with E-state index in [4.69, 9.17) is 5.26 Å². The van der Waals surface area contributed by atoms with Gasteiger partial charge in [-0.05, 0) is 31.0 Å². The molecule has 160 valence electrons. The van der Waals surface area contributed by atoms with Gasteiger partial charge in [-0.3, -0.25) is 14.6 Å². The third-order valence-electron chi connectivity index (χ3n) is 5.48. The number of halogens is 3. The summed E-state index contributed by atoms with van der Waals surface area (Å²) in [6.45, 7) is 1.37. The van der Waals surface area contributed by atoms with Crippen LogP contribution in [0.4, 0.5) is 23.7 Å². The summed E-state index contributed by atoms with van der Waals surface area (Å²) >= 11 is 0. The van der Waals surface area contributed by atoms with E-state index in [-0.39, 0.29) is 29.3 Å². The third-order valence-corrected chi connectivity index (χ3v) is 5.48. The largest absolute Gasteiger partial charge is 0.417 e. The summed E-state index contributed by atoms with van der Waals surface area (Å²) in [4.78, 5) is 30.2. The third kappa shape index (κ3) is 3.86. The Morgan fingerprint density at radius 1 is 1.23 bits per heavy atom. The van der Waals surface area contributed by atoms with Gasteiger partial charge in [-0.1, -0.05) is 12.8 Å². The van der Waals surface area contributed by atoms with E-state index >= 15 is 0 Å². The molecule has 0 unspecified atom stereocenters. The van der Waals surface area contributed by atoms with Crippen molar-refractivity contribution in [3.8, 4) is 6.07 Å². The van der Waals surface area contributed by atoms with Crippen molar-refractivity contribution >= 4 is 17.5 Å². The van der Waals surface area contributed by atoms with Gasteiger partial charge in [0.2, 0.25) is 0 Å². The Kier molecular flexibility index (Phi) is 5.79. The van der Waals surface area contributed by atoms with Crippen LogP contribution in [0, 0.1) is 11.3 Å². The Balaban J connectivity index is 2.11. The lowest BCUT2D eigenvalue weighted by atomic mass is 9.89. The van der Waals surface area contributed by atoms with E-state index in [1.165, 1.54) is 22.8 Å². The van der Waals surface area contributed by atoms with Gasteiger partial charge in [-0.15, -0.1) is 0 Å². The molecule has 1 aromatic carbocycles. The summed E-state index contributed by atoms with van der Waals surface area (Å²) in [5.74, 6) is -0.293. The summed E-state index contributed by atoms with van der Waals surface area (Å²) in [6, 6.07) is 3.71. The van der Waals surface area contributed by atoms with Crippen molar-refractivity contribution in [1.29, 1.82) is 5.26 Å². The highest BCUT2D eigenvalue weighted by Crippen LogP contribution is 2.41. The number of nitrogens with zero attached hydrogens (tertiary/aromatic N) is 4. The molecule has 1 aromatic rings. The first kappa shape index (κ1) is 21.7. The van der Waals surface area contributed by atoms with Crippen molar-refractivity contribution in [3.63, 3.8) is 0 Å². The molecule has 2 fully saturated rings. The lowest BCUT2D eigenvalue weighted by Gasteiger charge is -2.32. The highest BCUT2D eigenvalue weighted by atomic mass is 19.4. The second-order valence-electron chi connectivity index (χ2n) is 7.82. The number of hydrogen-bond donors (Lipinski definition) is 0. The van der Waals surface area contributed by atoms with E-state index in [1.54, 1.807) is 31.3 Å². The molecule has 9 heteroatoms. The van der Waals surface area contributed by atoms with Crippen LogP contribution in [0.15, 0.2) is 30.1 Å². The Labute approximate surface area is 173 Å². The number of anilines is 1. The number of allylic oxidation sites excluding steroid dienone is 1. The van der Waals surface area contributed by atoms with E-state index in [2.05, 4.69) is 0 Å². The van der Waals surface area contributed by atoms with Gasteiger partial charge in [-0.25, -0.2) is 4.79 Å². The van der Waals surface area contributed by atoms with Crippen molar-refractivity contribution < 1.29 is 22.8 Å². The van der Waals surface area contributed by atoms with Crippen LogP contribution < -0.4 is 4.90 Å². The minimum Gasteiger partial charge on any atom is -0.382 e. The number of urea groups is 1. The van der Waals surface area contributed by atoms with Crippen molar-refractivity contribution in [1.82, 2.24) is 9.80 Å². The quantitative estimate of drug-likeness (QED) is 0.687. The smallest absolute Gasteiger partial charge is 0.382 e. The zero-order valence-electron chi connectivity index (χ0n) is 17.0. The van der Waals surface area contributed by atoms with Crippen molar-refractivity contribution in [2.45, 2.75) is 50.9 Å². The summed E-state index contributed by atoms with van der Waals surface area (Å²) in [6.07, 6.45) is -0.157. The van der Waals surface area contributed by atoms with Gasteiger partial charge in [0.15, 0.2) is 5.78 Å². The Morgan fingerprint density at radius 2 is 1.87 bits per heavy atom. The standard InChI is InChI=1S/C21H23F3N4O2/c1-13(29)19(12-26(2)3)28-18-7-5-4-6-17(18)27(20(28)30)15-9-8-14(11-25)16(10-15)21(22,23)24/h8-10,12,17-18H,4-7H2,1-3H3/t17-,18-/m0/s1. The van der Waals surface area contributed by atoms with Gasteiger partial charge in [0.1, 0.15) is 5.70 Å². The number of carbonyl (C=O) groups is 2. The van der Waals surface area contributed by atoms with Crippen LogP contribution in [0.5, 0.6) is 0 Å². The van der Waals surface area contributed by atoms with Gasteiger partial charge in [0, 0.05) is 32.9 Å². The van der Waals surface area contributed by atoms with Crippen LogP contribution in [-0.2, 0) is 11.0 Å². The monoisotopic (exact) mass is 420 g/mol. The minimum atomic E-state index is -4.72. The van der Waals surface area contributed by atoms with Gasteiger partial charge in [0.25, 0.3) is 0 Å². The van der Waals surface area contributed by atoms with E-state index in [1.807, 2.05) is 0 Å². The van der Waals surface area contributed by atoms with E-state index < -0.39 is 23.3 Å². The molecule has 0 N–H and O–H groups in total. The van der Waals surface area contributed by atoms with Crippen LogP contribution in [0.3, 0.4) is 0 Å². The normalized spacial score (nSPS) is 22.0. The number of benzene rings is 1. The first-order valence-electron chi connectivity index (χ1n) is 9.69. The van der Waals surface area contributed by atoms with E-state index in [0.29, 0.717) is 12.8 Å². The second kappa shape index (κ2) is 8.01. The molecule has 2 aliphatic rings. The minimum absolute atomic E-state index is 0.0819. The number of fused-ring (bicyclic) bond motifs is 1. The van der Waals surface area contributed by atoms with Crippen LogP contribution in [-0.4, -0.2) is 47.8 Å². The first-order valence-corrected chi connectivity index (χ1v) is 9.69. The maximum absolute atomic E-state index is 13.5. The summed E-state index contributed by atoms with van der Waals surface area (Å²) in [5.41, 5.74) is -1.27. The maximum Gasteiger partial charge on any atom is 0.417 e. The van der Waals surface area contributed by atoms with Gasteiger partial charge < -0.3 is 4.90 Å². The van der Waals surface area contributed by atoms with Crippen LogP contribution >= 0.6 is 0 Å². The van der Waals surface area contributed by atoms with Gasteiger partial charge in [-0.2, -0.15) is 18.4 Å². The highest BCUT2D eigenvalue weighted by Gasteiger charge is 2.49. The van der Waals surface area contributed by atoms with E-state index in [0.717, 1.165) is 25.0 Å². The van der Waals surface area contributed by atoms with Crippen LogP contribution in [0.1, 0.15) is 43.7 Å². The number of ketones is 1. The molecule has 2 amide bonds. The number of Topliss-reactive ketones (excluding diaryl/α,β-unsaturated/α-hetero) is 1. The molecule has 1 saturated heterocycles. The zero-order valence-corrected chi connectivity index (χ0v) is 17.0. The molecular formula is C21H23F3N4O2. The molecule has 0 aromatic heterocycles. The molecule has 1 aliphatic heterocycles. The average molecular weight is 420 g/mol. The number of rotatable bonds is 4. The average Bonchev–Trinajstić information content (AvgIpc) is 2.96. The predicted octanol–water partition coefficient (Wildman–Crippen LogP) is 4.12. The Morgan fingerprint density at radius 3 is 2.40 bits per heavy atom. The number of alkyl halides is 3. The molecule has 30 heavy (non-hydrogen) atoms. The fourth-order valence-electron chi connectivity index (χ4n) is 4.26. The lowest BCUT2D eigenvalue weighted by Crippen LogP contribution is -2.40. The molecule has 0 radical (unpaired) electrons. The topological polar surface area (TPSA) is 67.7 Å². The molecule has 1 saturated carbocycles. The van der Waals surface area contributed by atoms with Crippen LogP contribution in [0.25, 0.3) is 0 Å². The molecule has 1 aliphatic carbocycles. The first-order chi connectivity index (χ1) is 14.1. The second-order valence-corrected chi connectivity index (χ2v) is 7.82. The van der Waals surface area contributed by atoms with Crippen molar-refractivity contribution in [2.24, 2.45) is 0 Å². The van der Waals surface area contributed by atoms with E-state index in [9.17, 15) is 22.8 Å². The van der Waals surface area contributed by atoms with Gasteiger partial charge >= 0.3 is 12.2 Å². The van der Waals surface area contributed by atoms with Crippen LogP contribution in [0.2, 0.25) is 0 Å². The van der Waals surface area contributed by atoms with Crippen molar-refractivity contribution in [2.75, 3.05) is 19.0 Å². The number of carbonyl (C=O) groups excluding carboxylic acids is 2. The molecule has 1 heterocycles. The fraction of sp³-hybridized carbons (Fsp3) is 0.476. The molecular weight excluding hydrogens is 397 g/mol. The molecule has 0 spiro atoms. The SMILES string of the molecule is CC(=O)C(=CN(C)C)N1C(=O)N(c2ccc(C#N)c(C(F)(F)F)c2)[C@H]2CCCC[C@@H]21. The summed E-state index contributed by atoms with van der Waals surface area (Å²) in [5, 5.41) is 9.05. The fourth-order valence-corrected chi connectivity index (χ4v) is 4.26. The Hall–Kier alpha value is -3.02.